The van der Waals surface area contributed by atoms with Crippen LogP contribution in [0.15, 0.2) is 0 Å². The Balaban J connectivity index is 0. The second-order valence-corrected chi connectivity index (χ2v) is 21.7. The standard InChI is InChI=1S/2C10H15.C7H19Si2.Y/c2*1-6-7(2)9(4)10(5)8(6)3;1-8(2,3)7-9(4,5)6;/h2*1-5H3;7H,1-6H3;/q3*-1;+3. The van der Waals surface area contributed by atoms with Crippen LogP contribution in [0.25, 0.3) is 0 Å². The van der Waals surface area contributed by atoms with E-state index in [1.807, 2.05) is 0 Å². The fourth-order valence-corrected chi connectivity index (χ4v) is 14.5. The molecule has 0 atom stereocenters. The van der Waals surface area contributed by atoms with Crippen molar-refractivity contribution in [3.8, 4) is 0 Å². The Hall–Kier alpha value is 0.238. The predicted octanol–water partition coefficient (Wildman–Crippen LogP) is 8.84. The van der Waals surface area contributed by atoms with Crippen LogP contribution in [-0.4, -0.2) is 16.1 Å². The Kier molecular flexibility index (Phi) is 13.5. The van der Waals surface area contributed by atoms with Gasteiger partial charge in [0.15, 0.2) is 0 Å². The fourth-order valence-electron chi connectivity index (χ4n) is 4.11. The van der Waals surface area contributed by atoms with Crippen LogP contribution < -0.4 is 0 Å². The molecule has 0 N–H and O–H groups in total. The molecule has 0 aliphatic rings. The largest absolute Gasteiger partial charge is 3.00 e. The summed E-state index contributed by atoms with van der Waals surface area (Å²) in [5, 5.41) is 0. The summed E-state index contributed by atoms with van der Waals surface area (Å²) in [6.07, 6.45) is 0. The van der Waals surface area contributed by atoms with Crippen LogP contribution in [-0.2, 0) is 32.7 Å². The summed E-state index contributed by atoms with van der Waals surface area (Å²) in [4.78, 5) is 0. The van der Waals surface area contributed by atoms with Gasteiger partial charge in [-0.2, -0.15) is 55.6 Å². The van der Waals surface area contributed by atoms with Crippen molar-refractivity contribution in [2.24, 2.45) is 0 Å². The molecule has 0 radical (unpaired) electrons. The first-order valence-corrected chi connectivity index (χ1v) is 18.2. The Labute approximate surface area is 217 Å². The number of rotatable bonds is 2. The van der Waals surface area contributed by atoms with Gasteiger partial charge in [0.25, 0.3) is 0 Å². The van der Waals surface area contributed by atoms with Crippen LogP contribution in [0.3, 0.4) is 0 Å². The number of hydrogen-bond acceptors (Lipinski definition) is 0. The van der Waals surface area contributed by atoms with E-state index >= 15 is 0 Å². The third kappa shape index (κ3) is 9.80. The van der Waals surface area contributed by atoms with Crippen LogP contribution in [0.5, 0.6) is 0 Å². The summed E-state index contributed by atoms with van der Waals surface area (Å²) in [5.74, 6) is 0. The van der Waals surface area contributed by atoms with E-state index in [4.69, 9.17) is 0 Å². The summed E-state index contributed by atoms with van der Waals surface area (Å²) in [5.41, 5.74) is 17.3. The minimum Gasteiger partial charge on any atom is -0.327 e. The molecule has 0 aliphatic heterocycles. The molecule has 0 amide bonds. The normalized spacial score (nSPS) is 11.2. The van der Waals surface area contributed by atoms with Crippen molar-refractivity contribution in [3.63, 3.8) is 0 Å². The molecule has 0 bridgehead atoms. The van der Waals surface area contributed by atoms with Crippen molar-refractivity contribution in [3.05, 3.63) is 61.3 Å². The average molecular weight is 519 g/mol. The molecule has 0 fully saturated rings. The third-order valence-corrected chi connectivity index (χ3v) is 13.4. The van der Waals surface area contributed by atoms with Gasteiger partial charge in [0.05, 0.1) is 0 Å². The molecule has 2 rings (SSSR count). The van der Waals surface area contributed by atoms with Crippen molar-refractivity contribution < 1.29 is 32.7 Å². The third-order valence-electron chi connectivity index (χ3n) is 6.49. The minimum absolute atomic E-state index is 0. The smallest absolute Gasteiger partial charge is 0.327 e. The molecule has 2 aromatic rings. The van der Waals surface area contributed by atoms with Gasteiger partial charge in [-0.3, -0.25) is 0 Å². The zero-order chi connectivity index (χ0) is 23.5. The van der Waals surface area contributed by atoms with Crippen molar-refractivity contribution >= 4 is 16.1 Å². The van der Waals surface area contributed by atoms with Crippen LogP contribution in [0.2, 0.25) is 39.3 Å². The first kappa shape index (κ1) is 32.4. The van der Waals surface area contributed by atoms with Crippen molar-refractivity contribution in [2.45, 2.75) is 109 Å². The van der Waals surface area contributed by atoms with E-state index in [1.54, 1.807) is 0 Å². The topological polar surface area (TPSA) is 0 Å². The molecule has 30 heavy (non-hydrogen) atoms. The van der Waals surface area contributed by atoms with Gasteiger partial charge in [-0.25, -0.2) is 0 Å². The second kappa shape index (κ2) is 12.5. The molecule has 0 aliphatic carbocycles. The van der Waals surface area contributed by atoms with Gasteiger partial charge >= 0.3 is 32.7 Å². The van der Waals surface area contributed by atoms with Gasteiger partial charge in [0, 0.05) is 0 Å². The van der Waals surface area contributed by atoms with E-state index in [1.165, 1.54) is 55.6 Å². The minimum atomic E-state index is -0.856. The number of hydrogen-bond donors (Lipinski definition) is 0. The maximum atomic E-state index is 2.65. The van der Waals surface area contributed by atoms with E-state index in [9.17, 15) is 0 Å². The van der Waals surface area contributed by atoms with E-state index < -0.39 is 16.1 Å². The summed E-state index contributed by atoms with van der Waals surface area (Å²) in [6.45, 7) is 36.4. The van der Waals surface area contributed by atoms with Crippen molar-refractivity contribution in [2.75, 3.05) is 0 Å². The maximum Gasteiger partial charge on any atom is 3.00 e. The molecule has 0 saturated carbocycles. The molecule has 0 heterocycles. The van der Waals surface area contributed by atoms with Crippen LogP contribution in [0, 0.1) is 74.9 Å². The Bertz CT molecular complexity index is 577. The maximum absolute atomic E-state index is 2.65. The zero-order valence-corrected chi connectivity index (χ0v) is 28.0. The van der Waals surface area contributed by atoms with Gasteiger partial charge in [-0.15, -0.1) is 16.1 Å². The van der Waals surface area contributed by atoms with Crippen molar-refractivity contribution in [1.29, 1.82) is 0 Å². The molecular weight excluding hydrogens is 469 g/mol. The van der Waals surface area contributed by atoms with Crippen LogP contribution in [0.4, 0.5) is 0 Å². The molecule has 0 spiro atoms. The summed E-state index contributed by atoms with van der Waals surface area (Å²) < 4.78 is 0. The van der Waals surface area contributed by atoms with Gasteiger partial charge in [0.2, 0.25) is 0 Å². The van der Waals surface area contributed by atoms with E-state index in [0.717, 1.165) is 0 Å². The molecule has 0 unspecified atom stereocenters. The van der Waals surface area contributed by atoms with Crippen LogP contribution in [0.1, 0.15) is 55.6 Å². The molecule has 0 saturated heterocycles. The quantitative estimate of drug-likeness (QED) is 0.275. The van der Waals surface area contributed by atoms with Crippen LogP contribution >= 0.6 is 0 Å². The zero-order valence-electron chi connectivity index (χ0n) is 23.2. The molecule has 2 aromatic carbocycles. The average Bonchev–Trinajstić information content (AvgIpc) is 2.83. The van der Waals surface area contributed by atoms with E-state index in [-0.39, 0.29) is 32.7 Å². The monoisotopic (exact) mass is 518 g/mol. The molecule has 168 valence electrons. The first-order chi connectivity index (χ1) is 12.8. The van der Waals surface area contributed by atoms with Gasteiger partial charge in [-0.1, -0.05) is 109 Å². The SMILES string of the molecule is C[Si](C)(C)[CH-][Si](C)(C)C.Cc1c(C)c(C)[c-](C)c1C.Cc1c(C)c(C)[c-](C)c1C.[Y+3]. The first-order valence-electron chi connectivity index (χ1n) is 11.1. The van der Waals surface area contributed by atoms with E-state index in [2.05, 4.69) is 114 Å². The second-order valence-electron chi connectivity index (χ2n) is 11.1. The Morgan fingerprint density at radius 3 is 0.667 bits per heavy atom. The predicted molar refractivity (Wildman–Crippen MR) is 142 cm³/mol. The Morgan fingerprint density at radius 1 is 0.467 bits per heavy atom. The molecular formula is C27H49Si2Y. The molecule has 0 nitrogen and oxygen atoms in total. The summed E-state index contributed by atoms with van der Waals surface area (Å²) in [6, 6.07) is 0. The summed E-state index contributed by atoms with van der Waals surface area (Å²) >= 11 is 0. The van der Waals surface area contributed by atoms with E-state index in [0.29, 0.717) is 0 Å². The fraction of sp³-hybridized carbons (Fsp3) is 0.593. The Morgan fingerprint density at radius 2 is 0.633 bits per heavy atom. The molecule has 0 aromatic heterocycles. The van der Waals surface area contributed by atoms with Crippen molar-refractivity contribution in [1.82, 2.24) is 0 Å². The van der Waals surface area contributed by atoms with Gasteiger partial charge in [-0.05, 0) is 0 Å². The van der Waals surface area contributed by atoms with Gasteiger partial charge < -0.3 is 5.67 Å². The molecule has 3 heteroatoms. The summed E-state index contributed by atoms with van der Waals surface area (Å²) in [7, 11) is -1.71. The van der Waals surface area contributed by atoms with Gasteiger partial charge in [0.1, 0.15) is 0 Å².